The van der Waals surface area contributed by atoms with Crippen molar-refractivity contribution in [2.75, 3.05) is 6.73 Å². The Bertz CT molecular complexity index is 580. The fourth-order valence-corrected chi connectivity index (χ4v) is 3.64. The number of carbonyl (C=O) groups excluding carboxylic acids is 1. The van der Waals surface area contributed by atoms with Crippen molar-refractivity contribution in [3.63, 3.8) is 0 Å². The molecule has 110 valence electrons. The van der Waals surface area contributed by atoms with Gasteiger partial charge >= 0.3 is 5.97 Å². The quantitative estimate of drug-likeness (QED) is 0.780. The second-order valence-corrected chi connectivity index (χ2v) is 6.85. The van der Waals surface area contributed by atoms with Crippen LogP contribution in [0.3, 0.4) is 0 Å². The van der Waals surface area contributed by atoms with Crippen molar-refractivity contribution in [3.05, 3.63) is 29.8 Å². The number of nitrogens with zero attached hydrogens (tertiary/aromatic N) is 1. The first-order valence-electron chi connectivity index (χ1n) is 6.72. The van der Waals surface area contributed by atoms with Gasteiger partial charge in [0.25, 0.3) is 0 Å². The average molecular weight is 297 g/mol. The second kappa shape index (κ2) is 5.93. The standard InChI is InChI=1S/C14H19NO4S/c1-3-4-5-13-14(16)19-10-15(13)20(17,18)12-8-6-11(2)7-9-12/h6-9,13H,3-5,10H2,1-2H3/t13-/m0/s1. The number of ether oxygens (including phenoxy) is 1. The molecule has 1 aliphatic rings. The Morgan fingerprint density at radius 1 is 1.30 bits per heavy atom. The second-order valence-electron chi connectivity index (χ2n) is 4.96. The first-order chi connectivity index (χ1) is 9.46. The topological polar surface area (TPSA) is 63.7 Å². The predicted molar refractivity (Wildman–Crippen MR) is 74.5 cm³/mol. The van der Waals surface area contributed by atoms with E-state index < -0.39 is 22.0 Å². The molecule has 1 aromatic carbocycles. The van der Waals surface area contributed by atoms with E-state index in [1.807, 2.05) is 13.8 Å². The first kappa shape index (κ1) is 15.0. The normalized spacial score (nSPS) is 20.1. The summed E-state index contributed by atoms with van der Waals surface area (Å²) < 4.78 is 31.2. The van der Waals surface area contributed by atoms with E-state index >= 15 is 0 Å². The summed E-state index contributed by atoms with van der Waals surface area (Å²) in [4.78, 5) is 11.9. The van der Waals surface area contributed by atoms with Gasteiger partial charge in [-0.05, 0) is 25.5 Å². The highest BCUT2D eigenvalue weighted by atomic mass is 32.2. The number of hydrogen-bond donors (Lipinski definition) is 0. The van der Waals surface area contributed by atoms with Gasteiger partial charge < -0.3 is 4.74 Å². The minimum Gasteiger partial charge on any atom is -0.447 e. The Labute approximate surface area is 119 Å². The molecular weight excluding hydrogens is 278 g/mol. The fourth-order valence-electron chi connectivity index (χ4n) is 2.17. The Morgan fingerprint density at radius 3 is 2.55 bits per heavy atom. The van der Waals surface area contributed by atoms with Crippen LogP contribution in [0.15, 0.2) is 29.2 Å². The van der Waals surface area contributed by atoms with Gasteiger partial charge in [0.1, 0.15) is 6.04 Å². The molecule has 0 unspecified atom stereocenters. The monoisotopic (exact) mass is 297 g/mol. The molecule has 2 rings (SSSR count). The third kappa shape index (κ3) is 2.86. The van der Waals surface area contributed by atoms with Crippen LogP contribution >= 0.6 is 0 Å². The Kier molecular flexibility index (Phi) is 4.45. The lowest BCUT2D eigenvalue weighted by molar-refractivity contribution is -0.139. The summed E-state index contributed by atoms with van der Waals surface area (Å²) in [7, 11) is -3.68. The van der Waals surface area contributed by atoms with Crippen LogP contribution in [0.25, 0.3) is 0 Å². The number of carbonyl (C=O) groups is 1. The number of hydrogen-bond acceptors (Lipinski definition) is 4. The minimum atomic E-state index is -3.68. The van der Waals surface area contributed by atoms with E-state index in [1.165, 1.54) is 0 Å². The SMILES string of the molecule is CCCC[C@H]1C(=O)OCN1S(=O)(=O)c1ccc(C)cc1. The summed E-state index contributed by atoms with van der Waals surface area (Å²) >= 11 is 0. The van der Waals surface area contributed by atoms with Crippen LogP contribution < -0.4 is 0 Å². The highest BCUT2D eigenvalue weighted by Gasteiger charge is 2.42. The summed E-state index contributed by atoms with van der Waals surface area (Å²) in [5.41, 5.74) is 0.986. The van der Waals surface area contributed by atoms with E-state index in [0.29, 0.717) is 6.42 Å². The van der Waals surface area contributed by atoms with Crippen molar-refractivity contribution >= 4 is 16.0 Å². The van der Waals surface area contributed by atoms with Crippen LogP contribution in [0.2, 0.25) is 0 Å². The number of cyclic esters (lactones) is 1. The first-order valence-corrected chi connectivity index (χ1v) is 8.16. The molecule has 1 aromatic rings. The molecule has 0 saturated carbocycles. The molecule has 1 atom stereocenters. The molecule has 20 heavy (non-hydrogen) atoms. The van der Waals surface area contributed by atoms with Crippen LogP contribution in [-0.2, 0) is 19.6 Å². The van der Waals surface area contributed by atoms with E-state index in [2.05, 4.69) is 0 Å². The zero-order valence-electron chi connectivity index (χ0n) is 11.7. The molecule has 0 aromatic heterocycles. The maximum absolute atomic E-state index is 12.6. The molecule has 1 aliphatic heterocycles. The van der Waals surface area contributed by atoms with Gasteiger partial charge in [-0.25, -0.2) is 8.42 Å². The van der Waals surface area contributed by atoms with Crippen molar-refractivity contribution in [2.45, 2.75) is 44.0 Å². The number of benzene rings is 1. The molecule has 1 fully saturated rings. The Morgan fingerprint density at radius 2 is 1.95 bits per heavy atom. The molecule has 0 spiro atoms. The lowest BCUT2D eigenvalue weighted by atomic mass is 10.1. The molecule has 6 heteroatoms. The Balaban J connectivity index is 2.28. The van der Waals surface area contributed by atoms with Gasteiger partial charge in [0.15, 0.2) is 6.73 Å². The van der Waals surface area contributed by atoms with Crippen LogP contribution in [0.1, 0.15) is 31.7 Å². The molecule has 0 radical (unpaired) electrons. The van der Waals surface area contributed by atoms with Crippen molar-refractivity contribution < 1.29 is 17.9 Å². The van der Waals surface area contributed by atoms with E-state index in [4.69, 9.17) is 4.74 Å². The molecule has 5 nitrogen and oxygen atoms in total. The summed E-state index contributed by atoms with van der Waals surface area (Å²) in [5, 5.41) is 0. The third-order valence-electron chi connectivity index (χ3n) is 3.41. The highest BCUT2D eigenvalue weighted by Crippen LogP contribution is 2.25. The average Bonchev–Trinajstić information content (AvgIpc) is 2.79. The van der Waals surface area contributed by atoms with Gasteiger partial charge in [-0.3, -0.25) is 4.79 Å². The number of unbranched alkanes of at least 4 members (excludes halogenated alkanes) is 1. The molecule has 1 saturated heterocycles. The van der Waals surface area contributed by atoms with Gasteiger partial charge in [-0.1, -0.05) is 37.5 Å². The van der Waals surface area contributed by atoms with Gasteiger partial charge in [0.2, 0.25) is 10.0 Å². The van der Waals surface area contributed by atoms with Crippen LogP contribution in [0, 0.1) is 6.92 Å². The van der Waals surface area contributed by atoms with Gasteiger partial charge in [0, 0.05) is 0 Å². The maximum Gasteiger partial charge on any atom is 0.325 e. The third-order valence-corrected chi connectivity index (χ3v) is 5.26. The van der Waals surface area contributed by atoms with Gasteiger partial charge in [-0.2, -0.15) is 0 Å². The summed E-state index contributed by atoms with van der Waals surface area (Å²) in [6.07, 6.45) is 2.20. The molecule has 0 N–H and O–H groups in total. The zero-order chi connectivity index (χ0) is 14.8. The van der Waals surface area contributed by atoms with Crippen LogP contribution in [-0.4, -0.2) is 31.5 Å². The predicted octanol–water partition coefficient (Wildman–Crippen LogP) is 2.06. The smallest absolute Gasteiger partial charge is 0.325 e. The van der Waals surface area contributed by atoms with Crippen LogP contribution in [0.4, 0.5) is 0 Å². The van der Waals surface area contributed by atoms with Crippen molar-refractivity contribution in [1.82, 2.24) is 4.31 Å². The van der Waals surface area contributed by atoms with Crippen molar-refractivity contribution in [2.24, 2.45) is 0 Å². The molecule has 1 heterocycles. The number of aryl methyl sites for hydroxylation is 1. The molecule has 0 amide bonds. The largest absolute Gasteiger partial charge is 0.447 e. The van der Waals surface area contributed by atoms with E-state index in [9.17, 15) is 13.2 Å². The maximum atomic E-state index is 12.6. The van der Waals surface area contributed by atoms with E-state index in [0.717, 1.165) is 22.7 Å². The van der Waals surface area contributed by atoms with E-state index in [-0.39, 0.29) is 11.6 Å². The zero-order valence-corrected chi connectivity index (χ0v) is 12.5. The van der Waals surface area contributed by atoms with Crippen molar-refractivity contribution in [3.8, 4) is 0 Å². The Hall–Kier alpha value is -1.40. The molecular formula is C14H19NO4S. The highest BCUT2D eigenvalue weighted by molar-refractivity contribution is 7.89. The lowest BCUT2D eigenvalue weighted by Crippen LogP contribution is -2.38. The van der Waals surface area contributed by atoms with Crippen molar-refractivity contribution in [1.29, 1.82) is 0 Å². The molecule has 0 aliphatic carbocycles. The fraction of sp³-hybridized carbons (Fsp3) is 0.500. The lowest BCUT2D eigenvalue weighted by Gasteiger charge is -2.19. The number of rotatable bonds is 5. The van der Waals surface area contributed by atoms with Gasteiger partial charge in [-0.15, -0.1) is 4.31 Å². The van der Waals surface area contributed by atoms with E-state index in [1.54, 1.807) is 24.3 Å². The summed E-state index contributed by atoms with van der Waals surface area (Å²) in [6, 6.07) is 5.91. The summed E-state index contributed by atoms with van der Waals surface area (Å²) in [5.74, 6) is -0.450. The number of esters is 1. The number of sulfonamides is 1. The minimum absolute atomic E-state index is 0.191. The molecule has 0 bridgehead atoms. The van der Waals surface area contributed by atoms with Crippen LogP contribution in [0.5, 0.6) is 0 Å². The summed E-state index contributed by atoms with van der Waals surface area (Å²) in [6.45, 7) is 3.70. The van der Waals surface area contributed by atoms with Gasteiger partial charge in [0.05, 0.1) is 4.90 Å².